The summed E-state index contributed by atoms with van der Waals surface area (Å²) in [4.78, 5) is 12.2. The summed E-state index contributed by atoms with van der Waals surface area (Å²) in [5.41, 5.74) is 4.30. The molecule has 3 aromatic rings. The van der Waals surface area contributed by atoms with Crippen molar-refractivity contribution in [1.29, 1.82) is 0 Å². The van der Waals surface area contributed by atoms with Gasteiger partial charge in [0.1, 0.15) is 0 Å². The third-order valence-electron chi connectivity index (χ3n) is 3.90. The van der Waals surface area contributed by atoms with Crippen LogP contribution in [0.5, 0.6) is 0 Å². The zero-order valence-electron chi connectivity index (χ0n) is 14.0. The molecule has 25 heavy (non-hydrogen) atoms. The van der Waals surface area contributed by atoms with Gasteiger partial charge >= 0.3 is 0 Å². The van der Waals surface area contributed by atoms with Crippen LogP contribution in [0.3, 0.4) is 0 Å². The minimum atomic E-state index is -0.0140. The molecular weight excluding hydrogens is 326 g/mol. The van der Waals surface area contributed by atoms with Crippen LogP contribution in [0.1, 0.15) is 15.9 Å². The third-order valence-corrected chi connectivity index (χ3v) is 4.93. The highest BCUT2D eigenvalue weighted by Gasteiger charge is 2.05. The van der Waals surface area contributed by atoms with Crippen LogP contribution < -0.4 is 5.32 Å². The van der Waals surface area contributed by atoms with E-state index in [4.69, 9.17) is 0 Å². The number of hydrogen-bond acceptors (Lipinski definition) is 2. The lowest BCUT2D eigenvalue weighted by Crippen LogP contribution is -2.25. The average molecular weight is 347 g/mol. The summed E-state index contributed by atoms with van der Waals surface area (Å²) >= 11 is 1.83. The first kappa shape index (κ1) is 17.3. The van der Waals surface area contributed by atoms with E-state index in [1.54, 1.807) is 0 Å². The summed E-state index contributed by atoms with van der Waals surface area (Å²) in [6, 6.07) is 28.3. The molecule has 0 atom stereocenters. The van der Waals surface area contributed by atoms with E-state index in [9.17, 15) is 4.79 Å². The zero-order chi connectivity index (χ0) is 17.3. The van der Waals surface area contributed by atoms with Crippen LogP contribution in [0.4, 0.5) is 0 Å². The Balaban J connectivity index is 1.44. The number of benzene rings is 3. The number of nitrogens with one attached hydrogen (secondary N) is 1. The number of amides is 1. The molecule has 0 aliphatic carbocycles. The number of thioether (sulfide) groups is 1. The molecule has 3 heteroatoms. The second-order valence-corrected chi connectivity index (χ2v) is 6.84. The van der Waals surface area contributed by atoms with Gasteiger partial charge in [-0.25, -0.2) is 0 Å². The van der Waals surface area contributed by atoms with Crippen LogP contribution in [0, 0.1) is 0 Å². The van der Waals surface area contributed by atoms with Gasteiger partial charge in [-0.1, -0.05) is 72.8 Å². The van der Waals surface area contributed by atoms with Gasteiger partial charge < -0.3 is 5.32 Å². The van der Waals surface area contributed by atoms with Crippen molar-refractivity contribution in [2.75, 3.05) is 12.3 Å². The molecule has 0 heterocycles. The van der Waals surface area contributed by atoms with Crippen LogP contribution >= 0.6 is 11.8 Å². The van der Waals surface area contributed by atoms with Crippen LogP contribution in [-0.2, 0) is 5.75 Å². The smallest absolute Gasteiger partial charge is 0.251 e. The Bertz CT molecular complexity index is 785. The summed E-state index contributed by atoms with van der Waals surface area (Å²) in [7, 11) is 0. The van der Waals surface area contributed by atoms with Crippen molar-refractivity contribution in [3.63, 3.8) is 0 Å². The van der Waals surface area contributed by atoms with Gasteiger partial charge in [0, 0.05) is 23.6 Å². The monoisotopic (exact) mass is 347 g/mol. The molecule has 0 aliphatic rings. The fourth-order valence-electron chi connectivity index (χ4n) is 2.55. The second-order valence-electron chi connectivity index (χ2n) is 5.74. The SMILES string of the molecule is O=C(NCCSCc1ccccc1)c1ccc(-c2ccccc2)cc1. The molecule has 3 aromatic carbocycles. The zero-order valence-corrected chi connectivity index (χ0v) is 14.8. The van der Waals surface area contributed by atoms with Gasteiger partial charge in [-0.05, 0) is 28.8 Å². The maximum Gasteiger partial charge on any atom is 0.251 e. The van der Waals surface area contributed by atoms with E-state index >= 15 is 0 Å². The van der Waals surface area contributed by atoms with E-state index < -0.39 is 0 Å². The molecule has 0 aromatic heterocycles. The van der Waals surface area contributed by atoms with Crippen molar-refractivity contribution in [2.24, 2.45) is 0 Å². The second kappa shape index (κ2) is 9.09. The van der Waals surface area contributed by atoms with Crippen molar-refractivity contribution in [2.45, 2.75) is 5.75 Å². The Morgan fingerprint density at radius 3 is 2.04 bits per heavy atom. The van der Waals surface area contributed by atoms with Crippen LogP contribution in [0.2, 0.25) is 0 Å². The molecule has 2 nitrogen and oxygen atoms in total. The highest BCUT2D eigenvalue weighted by atomic mass is 32.2. The normalized spacial score (nSPS) is 10.4. The topological polar surface area (TPSA) is 29.1 Å². The summed E-state index contributed by atoms with van der Waals surface area (Å²) < 4.78 is 0. The fraction of sp³-hybridized carbons (Fsp3) is 0.136. The first-order chi connectivity index (χ1) is 12.3. The van der Waals surface area contributed by atoms with E-state index in [0.717, 1.165) is 22.6 Å². The van der Waals surface area contributed by atoms with Gasteiger partial charge in [0.2, 0.25) is 0 Å². The minimum Gasteiger partial charge on any atom is -0.351 e. The van der Waals surface area contributed by atoms with Crippen LogP contribution in [-0.4, -0.2) is 18.2 Å². The predicted octanol–water partition coefficient (Wildman–Crippen LogP) is 5.02. The molecule has 0 unspecified atom stereocenters. The van der Waals surface area contributed by atoms with Gasteiger partial charge in [0.25, 0.3) is 5.91 Å². The van der Waals surface area contributed by atoms with Gasteiger partial charge in [0.15, 0.2) is 0 Å². The molecule has 0 saturated carbocycles. The third kappa shape index (κ3) is 5.23. The summed E-state index contributed by atoms with van der Waals surface area (Å²) in [6.07, 6.45) is 0. The largest absolute Gasteiger partial charge is 0.351 e. The van der Waals surface area contributed by atoms with Gasteiger partial charge in [-0.2, -0.15) is 11.8 Å². The molecule has 0 aliphatic heterocycles. The Kier molecular flexibility index (Phi) is 6.29. The molecule has 0 fully saturated rings. The van der Waals surface area contributed by atoms with Gasteiger partial charge in [-0.3, -0.25) is 4.79 Å². The first-order valence-electron chi connectivity index (χ1n) is 8.38. The maximum atomic E-state index is 12.2. The highest BCUT2D eigenvalue weighted by molar-refractivity contribution is 7.98. The maximum absolute atomic E-state index is 12.2. The predicted molar refractivity (Wildman–Crippen MR) is 107 cm³/mol. The molecular formula is C22H21NOS. The molecule has 126 valence electrons. The van der Waals surface area contributed by atoms with Crippen LogP contribution in [0.25, 0.3) is 11.1 Å². The quantitative estimate of drug-likeness (QED) is 0.608. The van der Waals surface area contributed by atoms with E-state index in [1.165, 1.54) is 5.56 Å². The van der Waals surface area contributed by atoms with Gasteiger partial charge in [-0.15, -0.1) is 0 Å². The Morgan fingerprint density at radius 1 is 0.760 bits per heavy atom. The van der Waals surface area contributed by atoms with Crippen molar-refractivity contribution in [3.8, 4) is 11.1 Å². The molecule has 3 rings (SSSR count). The van der Waals surface area contributed by atoms with E-state index in [2.05, 4.69) is 41.7 Å². The highest BCUT2D eigenvalue weighted by Crippen LogP contribution is 2.19. The molecule has 0 saturated heterocycles. The molecule has 0 bridgehead atoms. The fourth-order valence-corrected chi connectivity index (χ4v) is 3.37. The summed E-state index contributed by atoms with van der Waals surface area (Å²) in [5, 5.41) is 2.98. The molecule has 1 amide bonds. The van der Waals surface area contributed by atoms with Crippen molar-refractivity contribution < 1.29 is 4.79 Å². The lowest BCUT2D eigenvalue weighted by atomic mass is 10.0. The number of carbonyl (C=O) groups is 1. The van der Waals surface area contributed by atoms with E-state index in [-0.39, 0.29) is 5.91 Å². The lowest BCUT2D eigenvalue weighted by Gasteiger charge is -2.07. The lowest BCUT2D eigenvalue weighted by molar-refractivity contribution is 0.0956. The molecule has 0 radical (unpaired) electrons. The summed E-state index contributed by atoms with van der Waals surface area (Å²) in [5.74, 6) is 1.87. The van der Waals surface area contributed by atoms with E-state index in [0.29, 0.717) is 12.1 Å². The molecule has 0 spiro atoms. The number of rotatable bonds is 7. The number of carbonyl (C=O) groups excluding carboxylic acids is 1. The summed E-state index contributed by atoms with van der Waals surface area (Å²) in [6.45, 7) is 0.677. The average Bonchev–Trinajstić information content (AvgIpc) is 2.69. The van der Waals surface area contributed by atoms with Crippen molar-refractivity contribution in [3.05, 3.63) is 96.1 Å². The van der Waals surface area contributed by atoms with Crippen LogP contribution in [0.15, 0.2) is 84.9 Å². The Labute approximate surface area is 153 Å². The first-order valence-corrected chi connectivity index (χ1v) is 9.54. The standard InChI is InChI=1S/C22H21NOS/c24-22(23-15-16-25-17-18-7-3-1-4-8-18)21-13-11-20(12-14-21)19-9-5-2-6-10-19/h1-14H,15-17H2,(H,23,24). The van der Waals surface area contributed by atoms with Crippen molar-refractivity contribution in [1.82, 2.24) is 5.32 Å². The Morgan fingerprint density at radius 2 is 1.36 bits per heavy atom. The van der Waals surface area contributed by atoms with Crippen molar-refractivity contribution >= 4 is 17.7 Å². The minimum absolute atomic E-state index is 0.0140. The number of hydrogen-bond donors (Lipinski definition) is 1. The Hall–Kier alpha value is -2.52. The van der Waals surface area contributed by atoms with E-state index in [1.807, 2.05) is 60.3 Å². The molecule has 1 N–H and O–H groups in total. The van der Waals surface area contributed by atoms with Gasteiger partial charge in [0.05, 0.1) is 0 Å².